The lowest BCUT2D eigenvalue weighted by atomic mass is 10.00. The van der Waals surface area contributed by atoms with E-state index in [1.54, 1.807) is 43.3 Å². The fourth-order valence-electron chi connectivity index (χ4n) is 2.23. The van der Waals surface area contributed by atoms with E-state index < -0.39 is 0 Å². The molecule has 0 spiro atoms. The molecule has 0 aliphatic rings. The maximum absolute atomic E-state index is 14.3. The molecule has 0 radical (unpaired) electrons. The number of nitrogens with two attached hydrogens (primary N) is 1. The highest BCUT2D eigenvalue weighted by Crippen LogP contribution is 2.38. The maximum Gasteiger partial charge on any atom is 0.179 e. The molecule has 106 valence electrons. The lowest BCUT2D eigenvalue weighted by Gasteiger charge is -2.06. The lowest BCUT2D eigenvalue weighted by molar-refractivity contribution is 0.433. The Labute approximate surface area is 126 Å². The van der Waals surface area contributed by atoms with Crippen molar-refractivity contribution in [2.45, 2.75) is 6.92 Å². The van der Waals surface area contributed by atoms with Crippen LogP contribution in [0.4, 0.5) is 10.2 Å². The van der Waals surface area contributed by atoms with E-state index in [0.29, 0.717) is 27.5 Å². The molecule has 3 nitrogen and oxygen atoms in total. The molecular weight excluding hydrogens is 291 g/mol. The summed E-state index contributed by atoms with van der Waals surface area (Å²) in [6.45, 7) is 1.69. The first-order valence-corrected chi connectivity index (χ1v) is 6.72. The lowest BCUT2D eigenvalue weighted by Crippen LogP contribution is -1.91. The molecule has 2 aromatic carbocycles. The number of benzene rings is 2. The quantitative estimate of drug-likeness (QED) is 0.747. The van der Waals surface area contributed by atoms with Gasteiger partial charge in [0.25, 0.3) is 0 Å². The van der Waals surface area contributed by atoms with Crippen LogP contribution in [0.2, 0.25) is 5.02 Å². The van der Waals surface area contributed by atoms with E-state index in [-0.39, 0.29) is 11.6 Å². The Balaban J connectivity index is 2.24. The van der Waals surface area contributed by atoms with Gasteiger partial charge in [-0.2, -0.15) is 0 Å². The van der Waals surface area contributed by atoms with Crippen LogP contribution in [-0.4, -0.2) is 5.16 Å². The molecule has 1 heterocycles. The summed E-state index contributed by atoms with van der Waals surface area (Å²) in [6.07, 6.45) is 0. The van der Waals surface area contributed by atoms with Gasteiger partial charge in [0.2, 0.25) is 0 Å². The average molecular weight is 303 g/mol. The number of hydrogen-bond acceptors (Lipinski definition) is 3. The van der Waals surface area contributed by atoms with E-state index in [1.165, 1.54) is 0 Å². The van der Waals surface area contributed by atoms with Gasteiger partial charge >= 0.3 is 0 Å². The van der Waals surface area contributed by atoms with Gasteiger partial charge in [-0.25, -0.2) is 4.39 Å². The molecule has 0 bridgehead atoms. The van der Waals surface area contributed by atoms with Gasteiger partial charge in [0.15, 0.2) is 11.6 Å². The van der Waals surface area contributed by atoms with Crippen LogP contribution in [0.3, 0.4) is 0 Å². The van der Waals surface area contributed by atoms with E-state index >= 15 is 0 Å². The predicted octanol–water partition coefficient (Wildman–Crippen LogP) is 4.69. The van der Waals surface area contributed by atoms with Crippen molar-refractivity contribution >= 4 is 17.4 Å². The number of aromatic nitrogens is 1. The minimum Gasteiger partial charge on any atom is -0.380 e. The Morgan fingerprint density at radius 2 is 1.95 bits per heavy atom. The molecule has 0 atom stereocenters. The molecule has 1 aromatic heterocycles. The number of halogens is 2. The third-order valence-electron chi connectivity index (χ3n) is 3.27. The van der Waals surface area contributed by atoms with Gasteiger partial charge in [0.05, 0.1) is 11.1 Å². The number of nitrogen functional groups attached to an aromatic ring is 1. The predicted molar refractivity (Wildman–Crippen MR) is 81.5 cm³/mol. The van der Waals surface area contributed by atoms with Crippen molar-refractivity contribution in [3.8, 4) is 22.5 Å². The highest BCUT2D eigenvalue weighted by atomic mass is 35.5. The summed E-state index contributed by atoms with van der Waals surface area (Å²) >= 11 is 6.00. The van der Waals surface area contributed by atoms with Crippen LogP contribution >= 0.6 is 11.6 Å². The van der Waals surface area contributed by atoms with Crippen molar-refractivity contribution in [3.63, 3.8) is 0 Å². The summed E-state index contributed by atoms with van der Waals surface area (Å²) < 4.78 is 19.6. The molecule has 0 saturated carbocycles. The van der Waals surface area contributed by atoms with Crippen molar-refractivity contribution in [2.75, 3.05) is 5.73 Å². The van der Waals surface area contributed by atoms with Crippen LogP contribution in [0.5, 0.6) is 0 Å². The summed E-state index contributed by atoms with van der Waals surface area (Å²) in [5.74, 6) is 0.154. The van der Waals surface area contributed by atoms with Crippen molar-refractivity contribution < 1.29 is 8.91 Å². The summed E-state index contributed by atoms with van der Waals surface area (Å²) in [5, 5.41) is 4.32. The molecule has 0 fully saturated rings. The van der Waals surface area contributed by atoms with Gasteiger partial charge in [0.1, 0.15) is 5.82 Å². The van der Waals surface area contributed by atoms with Crippen LogP contribution in [0.1, 0.15) is 5.56 Å². The molecule has 0 aliphatic carbocycles. The fraction of sp³-hybridized carbons (Fsp3) is 0.0625. The third kappa shape index (κ3) is 2.38. The molecule has 0 unspecified atom stereocenters. The number of nitrogens with zero attached hydrogens (tertiary/aromatic N) is 1. The minimum atomic E-state index is -0.350. The zero-order chi connectivity index (χ0) is 15.0. The van der Waals surface area contributed by atoms with Gasteiger partial charge in [-0.1, -0.05) is 41.0 Å². The third-order valence-corrected chi connectivity index (χ3v) is 3.50. The summed E-state index contributed by atoms with van der Waals surface area (Å²) in [5.41, 5.74) is 8.01. The molecule has 5 heteroatoms. The summed E-state index contributed by atoms with van der Waals surface area (Å²) in [7, 11) is 0. The van der Waals surface area contributed by atoms with Gasteiger partial charge in [-0.15, -0.1) is 0 Å². The van der Waals surface area contributed by atoms with E-state index in [0.717, 1.165) is 5.56 Å². The van der Waals surface area contributed by atoms with E-state index in [1.807, 2.05) is 6.07 Å². The van der Waals surface area contributed by atoms with Gasteiger partial charge in [0, 0.05) is 5.02 Å². The molecule has 3 rings (SSSR count). The van der Waals surface area contributed by atoms with E-state index in [2.05, 4.69) is 5.16 Å². The zero-order valence-electron chi connectivity index (χ0n) is 11.2. The normalized spacial score (nSPS) is 10.8. The SMILES string of the molecule is Cc1cccc(-c2onc(N)c2-c2cccc(Cl)c2)c1F. The van der Waals surface area contributed by atoms with E-state index in [9.17, 15) is 4.39 Å². The Hall–Kier alpha value is -2.33. The van der Waals surface area contributed by atoms with Gasteiger partial charge in [-0.3, -0.25) is 0 Å². The highest BCUT2D eigenvalue weighted by molar-refractivity contribution is 6.30. The highest BCUT2D eigenvalue weighted by Gasteiger charge is 2.21. The van der Waals surface area contributed by atoms with E-state index in [4.69, 9.17) is 21.9 Å². The Morgan fingerprint density at radius 1 is 1.19 bits per heavy atom. The molecular formula is C16H12ClFN2O. The van der Waals surface area contributed by atoms with Crippen molar-refractivity contribution in [3.05, 3.63) is 58.9 Å². The van der Waals surface area contributed by atoms with Crippen molar-refractivity contribution in [2.24, 2.45) is 0 Å². The van der Waals surface area contributed by atoms with Gasteiger partial charge in [-0.05, 0) is 36.2 Å². The second-order valence-corrected chi connectivity index (χ2v) is 5.16. The van der Waals surface area contributed by atoms with Crippen LogP contribution in [0.25, 0.3) is 22.5 Å². The smallest absolute Gasteiger partial charge is 0.179 e. The van der Waals surface area contributed by atoms with Crippen LogP contribution in [0.15, 0.2) is 47.0 Å². The number of hydrogen-bond donors (Lipinski definition) is 1. The second-order valence-electron chi connectivity index (χ2n) is 4.72. The number of rotatable bonds is 2. The molecule has 3 aromatic rings. The summed E-state index contributed by atoms with van der Waals surface area (Å²) in [4.78, 5) is 0. The maximum atomic E-state index is 14.3. The Kier molecular flexibility index (Phi) is 3.39. The fourth-order valence-corrected chi connectivity index (χ4v) is 2.42. The standard InChI is InChI=1S/C16H12ClFN2O/c1-9-4-2-7-12(14(9)18)15-13(16(19)20-21-15)10-5-3-6-11(17)8-10/h2-8H,1H3,(H2,19,20). The Bertz CT molecular complexity index is 814. The monoisotopic (exact) mass is 302 g/mol. The average Bonchev–Trinajstić information content (AvgIpc) is 2.83. The molecule has 0 amide bonds. The van der Waals surface area contributed by atoms with Crippen LogP contribution in [-0.2, 0) is 0 Å². The first kappa shape index (κ1) is 13.6. The first-order chi connectivity index (χ1) is 10.1. The topological polar surface area (TPSA) is 52.0 Å². The zero-order valence-corrected chi connectivity index (χ0v) is 12.0. The van der Waals surface area contributed by atoms with Crippen LogP contribution in [0, 0.1) is 12.7 Å². The largest absolute Gasteiger partial charge is 0.380 e. The van der Waals surface area contributed by atoms with Crippen molar-refractivity contribution in [1.82, 2.24) is 5.16 Å². The van der Waals surface area contributed by atoms with Gasteiger partial charge < -0.3 is 10.3 Å². The first-order valence-electron chi connectivity index (χ1n) is 6.34. The molecule has 21 heavy (non-hydrogen) atoms. The van der Waals surface area contributed by atoms with Crippen LogP contribution < -0.4 is 5.73 Å². The molecule has 0 saturated heterocycles. The van der Waals surface area contributed by atoms with Crippen molar-refractivity contribution in [1.29, 1.82) is 0 Å². The second kappa shape index (κ2) is 5.22. The summed E-state index contributed by atoms with van der Waals surface area (Å²) in [6, 6.07) is 12.2. The number of anilines is 1. The molecule has 2 N–H and O–H groups in total. The minimum absolute atomic E-state index is 0.202. The number of aryl methyl sites for hydroxylation is 1. The molecule has 0 aliphatic heterocycles. The Morgan fingerprint density at radius 3 is 2.71 bits per heavy atom.